The van der Waals surface area contributed by atoms with Crippen LogP contribution in [-0.4, -0.2) is 4.98 Å². The Kier molecular flexibility index (Phi) is 2.83. The zero-order valence-electron chi connectivity index (χ0n) is 10.4. The third-order valence-corrected chi connectivity index (χ3v) is 4.18. The van der Waals surface area contributed by atoms with Crippen LogP contribution >= 0.6 is 11.6 Å². The van der Waals surface area contributed by atoms with E-state index in [1.165, 1.54) is 0 Å². The molecule has 1 aromatic heterocycles. The van der Waals surface area contributed by atoms with Gasteiger partial charge < -0.3 is 10.2 Å². The molecule has 0 spiro atoms. The van der Waals surface area contributed by atoms with Crippen molar-refractivity contribution in [2.24, 2.45) is 11.7 Å². The van der Waals surface area contributed by atoms with Crippen LogP contribution < -0.4 is 5.73 Å². The molecule has 2 N–H and O–H groups in total. The molecule has 0 radical (unpaired) electrons. The van der Waals surface area contributed by atoms with Crippen molar-refractivity contribution in [1.82, 2.24) is 4.98 Å². The van der Waals surface area contributed by atoms with Gasteiger partial charge in [-0.15, -0.1) is 0 Å². The molecule has 0 aliphatic heterocycles. The Morgan fingerprint density at radius 1 is 1.39 bits per heavy atom. The first-order valence-corrected chi connectivity index (χ1v) is 6.80. The number of hydrogen-bond donors (Lipinski definition) is 1. The van der Waals surface area contributed by atoms with Crippen molar-refractivity contribution in [2.75, 3.05) is 0 Å². The van der Waals surface area contributed by atoms with Crippen LogP contribution in [0.2, 0.25) is 5.02 Å². The van der Waals surface area contributed by atoms with Gasteiger partial charge in [-0.3, -0.25) is 0 Å². The van der Waals surface area contributed by atoms with Gasteiger partial charge in [0, 0.05) is 11.1 Å². The van der Waals surface area contributed by atoms with Gasteiger partial charge in [0.05, 0.1) is 5.54 Å². The minimum Gasteiger partial charge on any atom is -0.439 e. The Bertz CT molecular complexity index is 570. The summed E-state index contributed by atoms with van der Waals surface area (Å²) in [6.45, 7) is 2.27. The lowest BCUT2D eigenvalue weighted by atomic mass is 9.78. The van der Waals surface area contributed by atoms with Crippen LogP contribution in [0.4, 0.5) is 0 Å². The number of halogens is 1. The first-order valence-electron chi connectivity index (χ1n) is 6.42. The molecule has 3 rings (SSSR count). The highest BCUT2D eigenvalue weighted by Crippen LogP contribution is 2.38. The summed E-state index contributed by atoms with van der Waals surface area (Å²) in [5.74, 6) is 1.41. The zero-order valence-corrected chi connectivity index (χ0v) is 11.2. The SMILES string of the molecule is CC1CCC(N)(c2nc3ccc(Cl)cc3o2)CC1. The van der Waals surface area contributed by atoms with Crippen LogP contribution in [0, 0.1) is 5.92 Å². The van der Waals surface area contributed by atoms with Gasteiger partial charge in [0.1, 0.15) is 5.52 Å². The summed E-state index contributed by atoms with van der Waals surface area (Å²) < 4.78 is 5.81. The van der Waals surface area contributed by atoms with Crippen LogP contribution in [0.3, 0.4) is 0 Å². The van der Waals surface area contributed by atoms with Crippen LogP contribution in [0.25, 0.3) is 11.1 Å². The molecule has 18 heavy (non-hydrogen) atoms. The highest BCUT2D eigenvalue weighted by Gasteiger charge is 2.36. The van der Waals surface area contributed by atoms with Crippen molar-refractivity contribution in [3.05, 3.63) is 29.1 Å². The van der Waals surface area contributed by atoms with Crippen molar-refractivity contribution in [3.63, 3.8) is 0 Å². The zero-order chi connectivity index (χ0) is 12.8. The Labute approximate surface area is 111 Å². The van der Waals surface area contributed by atoms with Crippen LogP contribution in [-0.2, 0) is 5.54 Å². The Balaban J connectivity index is 1.98. The van der Waals surface area contributed by atoms with Crippen molar-refractivity contribution >= 4 is 22.7 Å². The molecule has 96 valence electrons. The summed E-state index contributed by atoms with van der Waals surface area (Å²) in [7, 11) is 0. The normalized spacial score (nSPS) is 28.7. The summed E-state index contributed by atoms with van der Waals surface area (Å²) in [4.78, 5) is 4.52. The summed E-state index contributed by atoms with van der Waals surface area (Å²) in [6, 6.07) is 5.49. The molecule has 1 fully saturated rings. The van der Waals surface area contributed by atoms with Crippen LogP contribution in [0.15, 0.2) is 22.6 Å². The molecule has 0 unspecified atom stereocenters. The Morgan fingerprint density at radius 2 is 2.11 bits per heavy atom. The molecule has 0 saturated heterocycles. The molecule has 0 bridgehead atoms. The minimum atomic E-state index is -0.405. The monoisotopic (exact) mass is 264 g/mol. The number of hydrogen-bond acceptors (Lipinski definition) is 3. The van der Waals surface area contributed by atoms with E-state index in [0.717, 1.165) is 42.7 Å². The molecular weight excluding hydrogens is 248 g/mol. The lowest BCUT2D eigenvalue weighted by Gasteiger charge is -2.33. The largest absolute Gasteiger partial charge is 0.439 e. The lowest BCUT2D eigenvalue weighted by Crippen LogP contribution is -2.40. The van der Waals surface area contributed by atoms with Crippen LogP contribution in [0.5, 0.6) is 0 Å². The molecule has 3 nitrogen and oxygen atoms in total. The van der Waals surface area contributed by atoms with E-state index in [1.54, 1.807) is 6.07 Å². The summed E-state index contributed by atoms with van der Waals surface area (Å²) in [5.41, 5.74) is 7.60. The first-order chi connectivity index (χ1) is 8.57. The van der Waals surface area contributed by atoms with E-state index in [1.807, 2.05) is 12.1 Å². The van der Waals surface area contributed by atoms with Crippen molar-refractivity contribution in [1.29, 1.82) is 0 Å². The van der Waals surface area contributed by atoms with E-state index in [0.29, 0.717) is 10.9 Å². The fraction of sp³-hybridized carbons (Fsp3) is 0.500. The minimum absolute atomic E-state index is 0.405. The van der Waals surface area contributed by atoms with E-state index >= 15 is 0 Å². The topological polar surface area (TPSA) is 52.0 Å². The molecule has 0 amide bonds. The van der Waals surface area contributed by atoms with Gasteiger partial charge in [-0.05, 0) is 43.7 Å². The van der Waals surface area contributed by atoms with Gasteiger partial charge in [-0.2, -0.15) is 0 Å². The predicted octanol–water partition coefficient (Wildman–Crippen LogP) is 3.85. The number of aromatic nitrogens is 1. The first kappa shape index (κ1) is 12.0. The molecule has 1 aliphatic rings. The highest BCUT2D eigenvalue weighted by atomic mass is 35.5. The van der Waals surface area contributed by atoms with Gasteiger partial charge in [0.2, 0.25) is 5.89 Å². The Morgan fingerprint density at radius 3 is 2.83 bits per heavy atom. The fourth-order valence-electron chi connectivity index (χ4n) is 2.60. The second-order valence-electron chi connectivity index (χ2n) is 5.47. The van der Waals surface area contributed by atoms with Gasteiger partial charge >= 0.3 is 0 Å². The molecule has 1 aliphatic carbocycles. The second kappa shape index (κ2) is 4.25. The van der Waals surface area contributed by atoms with Gasteiger partial charge in [-0.25, -0.2) is 4.98 Å². The quantitative estimate of drug-likeness (QED) is 0.851. The maximum Gasteiger partial charge on any atom is 0.215 e. The number of rotatable bonds is 1. The Hall–Kier alpha value is -1.06. The van der Waals surface area contributed by atoms with Crippen molar-refractivity contribution in [3.8, 4) is 0 Å². The predicted molar refractivity (Wildman–Crippen MR) is 72.5 cm³/mol. The van der Waals surface area contributed by atoms with E-state index in [9.17, 15) is 0 Å². The van der Waals surface area contributed by atoms with Gasteiger partial charge in [0.15, 0.2) is 5.58 Å². The smallest absolute Gasteiger partial charge is 0.215 e. The highest BCUT2D eigenvalue weighted by molar-refractivity contribution is 6.31. The van der Waals surface area contributed by atoms with E-state index in [-0.39, 0.29) is 0 Å². The third kappa shape index (κ3) is 2.02. The standard InChI is InChI=1S/C14H17ClN2O/c1-9-4-6-14(16,7-5-9)13-17-11-3-2-10(15)8-12(11)18-13/h2-3,8-9H,4-7,16H2,1H3. The molecule has 1 saturated carbocycles. The molecule has 1 heterocycles. The van der Waals surface area contributed by atoms with Gasteiger partial charge in [0.25, 0.3) is 0 Å². The van der Waals surface area contributed by atoms with Gasteiger partial charge in [-0.1, -0.05) is 18.5 Å². The van der Waals surface area contributed by atoms with Crippen LogP contribution in [0.1, 0.15) is 38.5 Å². The average Bonchev–Trinajstić information content (AvgIpc) is 2.77. The van der Waals surface area contributed by atoms with E-state index < -0.39 is 5.54 Å². The summed E-state index contributed by atoms with van der Waals surface area (Å²) in [6.07, 6.45) is 4.15. The maximum atomic E-state index is 6.46. The van der Waals surface area contributed by atoms with Crippen molar-refractivity contribution in [2.45, 2.75) is 38.1 Å². The lowest BCUT2D eigenvalue weighted by molar-refractivity contribution is 0.209. The second-order valence-corrected chi connectivity index (χ2v) is 5.91. The molecule has 0 atom stereocenters. The number of nitrogens with zero attached hydrogens (tertiary/aromatic N) is 1. The number of nitrogens with two attached hydrogens (primary N) is 1. The molecule has 2 aromatic rings. The van der Waals surface area contributed by atoms with E-state index in [4.69, 9.17) is 21.8 Å². The van der Waals surface area contributed by atoms with E-state index in [2.05, 4.69) is 11.9 Å². The number of benzene rings is 1. The average molecular weight is 265 g/mol. The maximum absolute atomic E-state index is 6.46. The third-order valence-electron chi connectivity index (χ3n) is 3.94. The molecule has 1 aromatic carbocycles. The molecule has 4 heteroatoms. The number of oxazole rings is 1. The fourth-order valence-corrected chi connectivity index (χ4v) is 2.76. The van der Waals surface area contributed by atoms with Crippen molar-refractivity contribution < 1.29 is 4.42 Å². The number of fused-ring (bicyclic) bond motifs is 1. The molecular formula is C14H17ClN2O. The summed E-state index contributed by atoms with van der Waals surface area (Å²) >= 11 is 5.95. The summed E-state index contributed by atoms with van der Waals surface area (Å²) in [5, 5.41) is 0.661.